The van der Waals surface area contributed by atoms with Crippen molar-refractivity contribution in [1.29, 1.82) is 0 Å². The van der Waals surface area contributed by atoms with E-state index in [1.807, 2.05) is 0 Å². The number of hydrogen-bond acceptors (Lipinski definition) is 4. The van der Waals surface area contributed by atoms with E-state index < -0.39 is 5.97 Å². The molecule has 3 rings (SSSR count). The fourth-order valence-electron chi connectivity index (χ4n) is 3.30. The normalized spacial score (nSPS) is 14.4. The summed E-state index contributed by atoms with van der Waals surface area (Å²) in [5.74, 6) is 0.427. The molecule has 1 aromatic carbocycles. The number of methoxy groups -OCH3 is 1. The van der Waals surface area contributed by atoms with Crippen LogP contribution in [0.15, 0.2) is 36.5 Å². The SMILES string of the molecule is COC(=O)c1ncc(NC(=O)NC(c2ccc(CC(C)C)cc2)C2CC2)cc1Cl. The number of benzene rings is 1. The van der Waals surface area contributed by atoms with Gasteiger partial charge in [0.25, 0.3) is 0 Å². The molecule has 1 fully saturated rings. The Morgan fingerprint density at radius 3 is 2.48 bits per heavy atom. The molecule has 0 spiro atoms. The van der Waals surface area contributed by atoms with Gasteiger partial charge in [-0.2, -0.15) is 0 Å². The molecule has 1 heterocycles. The highest BCUT2D eigenvalue weighted by molar-refractivity contribution is 6.33. The van der Waals surface area contributed by atoms with Crippen LogP contribution in [-0.4, -0.2) is 24.1 Å². The Bertz CT molecular complexity index is 879. The first-order valence-corrected chi connectivity index (χ1v) is 10.2. The largest absolute Gasteiger partial charge is 0.464 e. The van der Waals surface area contributed by atoms with Gasteiger partial charge in [-0.05, 0) is 48.3 Å². The van der Waals surface area contributed by atoms with Crippen LogP contribution in [0.3, 0.4) is 0 Å². The number of pyridine rings is 1. The Hall–Kier alpha value is -2.60. The van der Waals surface area contributed by atoms with Crippen molar-refractivity contribution in [3.8, 4) is 0 Å². The van der Waals surface area contributed by atoms with Crippen LogP contribution in [0.2, 0.25) is 5.02 Å². The smallest absolute Gasteiger partial charge is 0.358 e. The van der Waals surface area contributed by atoms with Gasteiger partial charge in [-0.1, -0.05) is 49.7 Å². The maximum Gasteiger partial charge on any atom is 0.358 e. The summed E-state index contributed by atoms with van der Waals surface area (Å²) in [5.41, 5.74) is 2.82. The molecule has 154 valence electrons. The number of urea groups is 1. The third-order valence-corrected chi connectivity index (χ3v) is 5.13. The first-order valence-electron chi connectivity index (χ1n) is 9.77. The molecule has 2 amide bonds. The summed E-state index contributed by atoms with van der Waals surface area (Å²) in [6.07, 6.45) is 4.61. The average Bonchev–Trinajstić information content (AvgIpc) is 3.51. The quantitative estimate of drug-likeness (QED) is 0.624. The lowest BCUT2D eigenvalue weighted by Gasteiger charge is -2.20. The van der Waals surface area contributed by atoms with Gasteiger partial charge in [0.2, 0.25) is 0 Å². The third kappa shape index (κ3) is 5.70. The van der Waals surface area contributed by atoms with Crippen LogP contribution in [0, 0.1) is 11.8 Å². The highest BCUT2D eigenvalue weighted by Gasteiger charge is 2.33. The van der Waals surface area contributed by atoms with Crippen molar-refractivity contribution in [3.63, 3.8) is 0 Å². The topological polar surface area (TPSA) is 80.3 Å². The van der Waals surface area contributed by atoms with Gasteiger partial charge in [-0.25, -0.2) is 14.6 Å². The number of anilines is 1. The summed E-state index contributed by atoms with van der Waals surface area (Å²) in [4.78, 5) is 28.1. The van der Waals surface area contributed by atoms with Crippen LogP contribution in [0.4, 0.5) is 10.5 Å². The van der Waals surface area contributed by atoms with E-state index in [2.05, 4.69) is 58.5 Å². The monoisotopic (exact) mass is 415 g/mol. The Balaban J connectivity index is 1.66. The maximum absolute atomic E-state index is 12.5. The second kappa shape index (κ2) is 9.27. The van der Waals surface area contributed by atoms with Crippen molar-refractivity contribution in [3.05, 3.63) is 58.4 Å². The number of aromatic nitrogens is 1. The first-order chi connectivity index (χ1) is 13.9. The molecule has 0 radical (unpaired) electrons. The van der Waals surface area contributed by atoms with Crippen LogP contribution in [0.25, 0.3) is 0 Å². The second-order valence-electron chi connectivity index (χ2n) is 7.80. The Kier molecular flexibility index (Phi) is 6.75. The number of halogens is 1. The molecule has 29 heavy (non-hydrogen) atoms. The minimum atomic E-state index is -0.624. The lowest BCUT2D eigenvalue weighted by molar-refractivity contribution is 0.0594. The molecule has 0 bridgehead atoms. The zero-order valence-electron chi connectivity index (χ0n) is 16.9. The number of rotatable bonds is 7. The highest BCUT2D eigenvalue weighted by atomic mass is 35.5. The minimum Gasteiger partial charge on any atom is -0.464 e. The van der Waals surface area contributed by atoms with Gasteiger partial charge in [0.15, 0.2) is 5.69 Å². The standard InChI is InChI=1S/C22H26ClN3O3/c1-13(2)10-14-4-6-15(7-5-14)19(16-8-9-16)26-22(28)25-17-11-18(23)20(24-12-17)21(27)29-3/h4-7,11-13,16,19H,8-10H2,1-3H3,(H2,25,26,28). The molecule has 1 aromatic heterocycles. The van der Waals surface area contributed by atoms with Gasteiger partial charge in [-0.15, -0.1) is 0 Å². The fraction of sp³-hybridized carbons (Fsp3) is 0.409. The molecule has 6 nitrogen and oxygen atoms in total. The molecular formula is C22H26ClN3O3. The lowest BCUT2D eigenvalue weighted by Crippen LogP contribution is -2.33. The molecule has 1 saturated carbocycles. The molecule has 1 aliphatic rings. The number of amides is 2. The number of esters is 1. The van der Waals surface area contributed by atoms with E-state index >= 15 is 0 Å². The van der Waals surface area contributed by atoms with E-state index in [9.17, 15) is 9.59 Å². The Morgan fingerprint density at radius 1 is 1.24 bits per heavy atom. The number of ether oxygens (including phenoxy) is 1. The predicted octanol–water partition coefficient (Wildman–Crippen LogP) is 4.99. The number of carbonyl (C=O) groups excluding carboxylic acids is 2. The summed E-state index contributed by atoms with van der Waals surface area (Å²) < 4.78 is 4.62. The molecule has 2 N–H and O–H groups in total. The van der Waals surface area contributed by atoms with Gasteiger partial charge in [-0.3, -0.25) is 0 Å². The van der Waals surface area contributed by atoms with Crippen LogP contribution in [-0.2, 0) is 11.2 Å². The highest BCUT2D eigenvalue weighted by Crippen LogP contribution is 2.41. The minimum absolute atomic E-state index is 0.0115. The van der Waals surface area contributed by atoms with E-state index in [4.69, 9.17) is 11.6 Å². The van der Waals surface area contributed by atoms with E-state index in [1.54, 1.807) is 0 Å². The number of nitrogens with zero attached hydrogens (tertiary/aromatic N) is 1. The Labute approximate surface area is 176 Å². The van der Waals surface area contributed by atoms with E-state index in [-0.39, 0.29) is 22.8 Å². The molecule has 1 atom stereocenters. The van der Waals surface area contributed by atoms with Crippen molar-refractivity contribution in [2.45, 2.75) is 39.2 Å². The third-order valence-electron chi connectivity index (χ3n) is 4.84. The Morgan fingerprint density at radius 2 is 1.93 bits per heavy atom. The van der Waals surface area contributed by atoms with Crippen molar-refractivity contribution in [2.24, 2.45) is 11.8 Å². The zero-order chi connectivity index (χ0) is 21.0. The summed E-state index contributed by atoms with van der Waals surface area (Å²) in [5, 5.41) is 5.92. The van der Waals surface area contributed by atoms with Crippen LogP contribution in [0.5, 0.6) is 0 Å². The van der Waals surface area contributed by atoms with E-state index in [0.29, 0.717) is 17.5 Å². The van der Waals surface area contributed by atoms with Crippen molar-refractivity contribution < 1.29 is 14.3 Å². The number of carbonyl (C=O) groups is 2. The van der Waals surface area contributed by atoms with Gasteiger partial charge in [0.05, 0.1) is 30.1 Å². The molecule has 2 aromatic rings. The summed E-state index contributed by atoms with van der Waals surface area (Å²) in [7, 11) is 1.26. The molecule has 1 aliphatic carbocycles. The summed E-state index contributed by atoms with van der Waals surface area (Å²) in [6, 6.07) is 9.58. The molecule has 1 unspecified atom stereocenters. The van der Waals surface area contributed by atoms with Crippen LogP contribution >= 0.6 is 11.6 Å². The van der Waals surface area contributed by atoms with Crippen LogP contribution in [0.1, 0.15) is 54.3 Å². The van der Waals surface area contributed by atoms with Crippen molar-refractivity contribution >= 4 is 29.3 Å². The molecular weight excluding hydrogens is 390 g/mol. The zero-order valence-corrected chi connectivity index (χ0v) is 17.6. The second-order valence-corrected chi connectivity index (χ2v) is 8.21. The molecule has 0 aliphatic heterocycles. The maximum atomic E-state index is 12.5. The number of hydrogen-bond donors (Lipinski definition) is 2. The van der Waals surface area contributed by atoms with Crippen molar-refractivity contribution in [2.75, 3.05) is 12.4 Å². The number of nitrogens with one attached hydrogen (secondary N) is 2. The average molecular weight is 416 g/mol. The summed E-state index contributed by atoms with van der Waals surface area (Å²) >= 11 is 6.06. The summed E-state index contributed by atoms with van der Waals surface area (Å²) in [6.45, 7) is 4.40. The van der Waals surface area contributed by atoms with E-state index in [1.165, 1.54) is 24.9 Å². The lowest BCUT2D eigenvalue weighted by atomic mass is 9.97. The predicted molar refractivity (Wildman–Crippen MR) is 113 cm³/mol. The molecule has 7 heteroatoms. The fourth-order valence-corrected chi connectivity index (χ4v) is 3.54. The van der Waals surface area contributed by atoms with Gasteiger partial charge < -0.3 is 15.4 Å². The van der Waals surface area contributed by atoms with Crippen LogP contribution < -0.4 is 10.6 Å². The van der Waals surface area contributed by atoms with Gasteiger partial charge in [0, 0.05) is 0 Å². The van der Waals surface area contributed by atoms with Gasteiger partial charge >= 0.3 is 12.0 Å². The van der Waals surface area contributed by atoms with Gasteiger partial charge in [0.1, 0.15) is 0 Å². The van der Waals surface area contributed by atoms with E-state index in [0.717, 1.165) is 24.8 Å². The first kappa shape index (κ1) is 21.1. The molecule has 0 saturated heterocycles. The van der Waals surface area contributed by atoms with Crippen molar-refractivity contribution in [1.82, 2.24) is 10.3 Å².